The molecule has 0 aromatic rings. The summed E-state index contributed by atoms with van der Waals surface area (Å²) in [4.78, 5) is 5.03. The zero-order valence-corrected chi connectivity index (χ0v) is 14.6. The molecule has 1 fully saturated rings. The quantitative estimate of drug-likeness (QED) is 0.467. The Bertz CT molecular complexity index is 267. The summed E-state index contributed by atoms with van der Waals surface area (Å²) in [5.41, 5.74) is 0. The maximum atomic E-state index is 3.80. The van der Waals surface area contributed by atoms with Crippen LogP contribution < -0.4 is 5.32 Å². The minimum atomic E-state index is 0.688. The Kier molecular flexibility index (Phi) is 9.98. The van der Waals surface area contributed by atoms with Crippen LogP contribution in [0.1, 0.15) is 51.9 Å². The molecule has 2 atom stereocenters. The lowest BCUT2D eigenvalue weighted by molar-refractivity contribution is 0.0998. The summed E-state index contributed by atoms with van der Waals surface area (Å²) < 4.78 is 0. The molecule has 0 bridgehead atoms. The molecule has 1 aliphatic heterocycles. The van der Waals surface area contributed by atoms with E-state index in [1.54, 1.807) is 0 Å². The van der Waals surface area contributed by atoms with Gasteiger partial charge in [-0.25, -0.2) is 0 Å². The first kappa shape index (κ1) is 18.7. The monoisotopic (exact) mass is 295 g/mol. The third-order valence-corrected chi connectivity index (χ3v) is 4.68. The molecule has 1 N–H and O–H groups in total. The lowest BCUT2D eigenvalue weighted by Gasteiger charge is -2.39. The smallest absolute Gasteiger partial charge is 0.0235 e. The summed E-state index contributed by atoms with van der Waals surface area (Å²) in [6, 6.07) is 1.40. The van der Waals surface area contributed by atoms with E-state index in [1.807, 2.05) is 6.08 Å². The van der Waals surface area contributed by atoms with Gasteiger partial charge >= 0.3 is 0 Å². The van der Waals surface area contributed by atoms with Crippen molar-refractivity contribution in [1.82, 2.24) is 15.1 Å². The molecule has 0 aromatic heterocycles. The van der Waals surface area contributed by atoms with Gasteiger partial charge in [-0.05, 0) is 52.7 Å². The highest BCUT2D eigenvalue weighted by atomic mass is 15.3. The number of unbranched alkanes of at least 4 members (excludes halogenated alkanes) is 3. The zero-order valence-electron chi connectivity index (χ0n) is 14.6. The second-order valence-electron chi connectivity index (χ2n) is 6.71. The Morgan fingerprint density at radius 1 is 1.24 bits per heavy atom. The van der Waals surface area contributed by atoms with Gasteiger partial charge in [0.2, 0.25) is 0 Å². The summed E-state index contributed by atoms with van der Waals surface area (Å²) in [6.07, 6.45) is 11.1. The summed E-state index contributed by atoms with van der Waals surface area (Å²) in [7, 11) is 4.54. The number of likely N-dealkylation sites (N-methyl/N-ethyl adjacent to an activating group) is 2. The van der Waals surface area contributed by atoms with Gasteiger partial charge in [-0.3, -0.25) is 0 Å². The van der Waals surface area contributed by atoms with E-state index in [0.29, 0.717) is 12.1 Å². The third-order valence-electron chi connectivity index (χ3n) is 4.68. The molecule has 0 aliphatic carbocycles. The van der Waals surface area contributed by atoms with Crippen molar-refractivity contribution in [2.45, 2.75) is 64.0 Å². The number of hydrogen-bond donors (Lipinski definition) is 1. The van der Waals surface area contributed by atoms with Crippen molar-refractivity contribution in [2.75, 3.05) is 40.3 Å². The first-order chi connectivity index (χ1) is 10.2. The molecule has 0 saturated carbocycles. The second kappa shape index (κ2) is 11.2. The van der Waals surface area contributed by atoms with Crippen molar-refractivity contribution in [3.8, 4) is 0 Å². The molecule has 1 saturated heterocycles. The maximum Gasteiger partial charge on any atom is 0.0235 e. The van der Waals surface area contributed by atoms with E-state index in [9.17, 15) is 0 Å². The summed E-state index contributed by atoms with van der Waals surface area (Å²) >= 11 is 0. The van der Waals surface area contributed by atoms with E-state index in [4.69, 9.17) is 0 Å². The fourth-order valence-corrected chi connectivity index (χ4v) is 3.19. The van der Waals surface area contributed by atoms with Gasteiger partial charge in [-0.1, -0.05) is 25.8 Å². The molecule has 0 amide bonds. The van der Waals surface area contributed by atoms with Crippen LogP contribution in [-0.4, -0.2) is 62.2 Å². The fraction of sp³-hybridized carbons (Fsp3) is 0.889. The molecular formula is C18H37N3. The molecular weight excluding hydrogens is 258 g/mol. The van der Waals surface area contributed by atoms with Crippen molar-refractivity contribution in [2.24, 2.45) is 0 Å². The molecule has 1 rings (SSSR count). The van der Waals surface area contributed by atoms with Crippen molar-refractivity contribution in [1.29, 1.82) is 0 Å². The highest BCUT2D eigenvalue weighted by Gasteiger charge is 2.24. The Morgan fingerprint density at radius 2 is 2.05 bits per heavy atom. The number of rotatable bonds is 11. The van der Waals surface area contributed by atoms with Gasteiger partial charge in [-0.2, -0.15) is 0 Å². The Hall–Kier alpha value is -0.380. The van der Waals surface area contributed by atoms with E-state index in [0.717, 1.165) is 6.54 Å². The van der Waals surface area contributed by atoms with E-state index in [2.05, 4.69) is 42.7 Å². The first-order valence-corrected chi connectivity index (χ1v) is 8.90. The number of hydrogen-bond acceptors (Lipinski definition) is 3. The van der Waals surface area contributed by atoms with E-state index in [-0.39, 0.29) is 0 Å². The zero-order chi connectivity index (χ0) is 15.5. The molecule has 0 aromatic carbocycles. The SMILES string of the molecule is C=CCCCCCC(CC1CN(C)CCN1C)NCCC. The predicted octanol–water partition coefficient (Wildman–Crippen LogP) is 3.13. The average Bonchev–Trinajstić information content (AvgIpc) is 2.47. The number of piperazine rings is 1. The second-order valence-corrected chi connectivity index (χ2v) is 6.71. The van der Waals surface area contributed by atoms with Crippen molar-refractivity contribution >= 4 is 0 Å². The topological polar surface area (TPSA) is 18.5 Å². The van der Waals surface area contributed by atoms with Crippen LogP contribution in [0.4, 0.5) is 0 Å². The van der Waals surface area contributed by atoms with Crippen molar-refractivity contribution < 1.29 is 0 Å². The Balaban J connectivity index is 2.34. The van der Waals surface area contributed by atoms with Crippen LogP contribution >= 0.6 is 0 Å². The number of nitrogens with zero attached hydrogens (tertiary/aromatic N) is 2. The highest BCUT2D eigenvalue weighted by Crippen LogP contribution is 2.16. The van der Waals surface area contributed by atoms with Crippen LogP contribution in [0.25, 0.3) is 0 Å². The minimum Gasteiger partial charge on any atom is -0.314 e. The average molecular weight is 296 g/mol. The molecule has 0 radical (unpaired) electrons. The summed E-state index contributed by atoms with van der Waals surface area (Å²) in [5.74, 6) is 0. The standard InChI is InChI=1S/C18H37N3/c1-5-7-8-9-10-11-17(19-12-6-2)15-18-16-20(3)13-14-21(18)4/h5,17-19H,1,6-16H2,2-4H3. The first-order valence-electron chi connectivity index (χ1n) is 8.90. The van der Waals surface area contributed by atoms with Gasteiger partial charge in [0.05, 0.1) is 0 Å². The van der Waals surface area contributed by atoms with Crippen molar-refractivity contribution in [3.05, 3.63) is 12.7 Å². The highest BCUT2D eigenvalue weighted by molar-refractivity contribution is 4.83. The third kappa shape index (κ3) is 7.98. The lowest BCUT2D eigenvalue weighted by atomic mass is 9.98. The molecule has 21 heavy (non-hydrogen) atoms. The molecule has 1 aliphatic rings. The van der Waals surface area contributed by atoms with E-state index < -0.39 is 0 Å². The summed E-state index contributed by atoms with van der Waals surface area (Å²) in [6.45, 7) is 10.9. The molecule has 2 unspecified atom stereocenters. The van der Waals surface area contributed by atoms with Gasteiger partial charge in [0.15, 0.2) is 0 Å². The maximum absolute atomic E-state index is 3.80. The predicted molar refractivity (Wildman–Crippen MR) is 93.9 cm³/mol. The molecule has 3 heteroatoms. The van der Waals surface area contributed by atoms with Crippen LogP contribution in [-0.2, 0) is 0 Å². The Labute approximate surface area is 132 Å². The number of nitrogens with one attached hydrogen (secondary N) is 1. The van der Waals surface area contributed by atoms with Crippen molar-refractivity contribution in [3.63, 3.8) is 0 Å². The van der Waals surface area contributed by atoms with E-state index >= 15 is 0 Å². The molecule has 124 valence electrons. The molecule has 3 nitrogen and oxygen atoms in total. The number of allylic oxidation sites excluding steroid dienone is 1. The van der Waals surface area contributed by atoms with Crippen LogP contribution in [0.5, 0.6) is 0 Å². The van der Waals surface area contributed by atoms with Crippen LogP contribution in [0, 0.1) is 0 Å². The molecule has 1 heterocycles. The molecule has 0 spiro atoms. The van der Waals surface area contributed by atoms with Crippen LogP contribution in [0.15, 0.2) is 12.7 Å². The lowest BCUT2D eigenvalue weighted by Crippen LogP contribution is -2.52. The Morgan fingerprint density at radius 3 is 2.76 bits per heavy atom. The summed E-state index contributed by atoms with van der Waals surface area (Å²) in [5, 5.41) is 3.78. The minimum absolute atomic E-state index is 0.688. The van der Waals surface area contributed by atoms with Gasteiger partial charge in [0.1, 0.15) is 0 Å². The van der Waals surface area contributed by atoms with Gasteiger partial charge < -0.3 is 15.1 Å². The van der Waals surface area contributed by atoms with Gasteiger partial charge in [0.25, 0.3) is 0 Å². The van der Waals surface area contributed by atoms with Gasteiger partial charge in [-0.15, -0.1) is 6.58 Å². The van der Waals surface area contributed by atoms with E-state index in [1.165, 1.54) is 64.6 Å². The van der Waals surface area contributed by atoms with Gasteiger partial charge in [0, 0.05) is 31.7 Å². The van der Waals surface area contributed by atoms with Crippen LogP contribution in [0.3, 0.4) is 0 Å². The van der Waals surface area contributed by atoms with Crippen LogP contribution in [0.2, 0.25) is 0 Å². The largest absolute Gasteiger partial charge is 0.314 e. The fourth-order valence-electron chi connectivity index (χ4n) is 3.19. The normalized spacial score (nSPS) is 22.3.